The minimum atomic E-state index is 0.111. The van der Waals surface area contributed by atoms with Gasteiger partial charge in [0, 0.05) is 38.4 Å². The van der Waals surface area contributed by atoms with Crippen molar-refractivity contribution in [3.05, 3.63) is 0 Å². The van der Waals surface area contributed by atoms with Crippen LogP contribution >= 0.6 is 0 Å². The number of ether oxygens (including phenoxy) is 1. The van der Waals surface area contributed by atoms with Gasteiger partial charge in [-0.1, -0.05) is 6.92 Å². The lowest BCUT2D eigenvalue weighted by Crippen LogP contribution is -2.53. The summed E-state index contributed by atoms with van der Waals surface area (Å²) in [5, 5.41) is 0. The number of methoxy groups -OCH3 is 1. The molecule has 15 heavy (non-hydrogen) atoms. The van der Waals surface area contributed by atoms with E-state index in [0.717, 1.165) is 18.9 Å². The van der Waals surface area contributed by atoms with Gasteiger partial charge in [-0.2, -0.15) is 0 Å². The molecular weight excluding hydrogens is 188 g/mol. The molecule has 3 heteroatoms. The van der Waals surface area contributed by atoms with Crippen LogP contribution in [0.2, 0.25) is 0 Å². The van der Waals surface area contributed by atoms with E-state index in [1.807, 2.05) is 0 Å². The maximum atomic E-state index is 5.94. The molecular formula is C12H26N2O. The van der Waals surface area contributed by atoms with Crippen molar-refractivity contribution < 1.29 is 4.74 Å². The summed E-state index contributed by atoms with van der Waals surface area (Å²) in [6.07, 6.45) is 2.32. The van der Waals surface area contributed by atoms with Crippen LogP contribution < -0.4 is 5.73 Å². The smallest absolute Gasteiger partial charge is 0.0480 e. The molecule has 0 saturated carbocycles. The average Bonchev–Trinajstić information content (AvgIpc) is 2.55. The fourth-order valence-corrected chi connectivity index (χ4v) is 2.74. The predicted molar refractivity (Wildman–Crippen MR) is 63.9 cm³/mol. The third-order valence-corrected chi connectivity index (χ3v) is 3.76. The quantitative estimate of drug-likeness (QED) is 0.753. The number of likely N-dealkylation sites (tertiary alicyclic amines) is 1. The van der Waals surface area contributed by atoms with Gasteiger partial charge in [0.1, 0.15) is 0 Å². The van der Waals surface area contributed by atoms with Crippen LogP contribution in [0.25, 0.3) is 0 Å². The normalized spacial score (nSPS) is 31.8. The molecule has 90 valence electrons. The molecule has 1 aliphatic rings. The molecule has 0 spiro atoms. The summed E-state index contributed by atoms with van der Waals surface area (Å²) in [6, 6.07) is 0.658. The summed E-state index contributed by atoms with van der Waals surface area (Å²) in [6.45, 7) is 9.59. The summed E-state index contributed by atoms with van der Waals surface area (Å²) in [4.78, 5) is 2.57. The number of hydrogen-bond acceptors (Lipinski definition) is 3. The van der Waals surface area contributed by atoms with E-state index in [4.69, 9.17) is 10.5 Å². The molecule has 0 amide bonds. The number of nitrogens with two attached hydrogens (primary N) is 1. The van der Waals surface area contributed by atoms with Gasteiger partial charge in [-0.05, 0) is 32.6 Å². The van der Waals surface area contributed by atoms with Gasteiger partial charge in [-0.25, -0.2) is 0 Å². The standard InChI is InChI=1S/C12H26N2O/c1-10-7-11(2)14(8-10)12(3,9-13)5-6-15-4/h10-11H,5-9,13H2,1-4H3. The molecule has 1 fully saturated rings. The van der Waals surface area contributed by atoms with Crippen molar-refractivity contribution >= 4 is 0 Å². The van der Waals surface area contributed by atoms with E-state index in [9.17, 15) is 0 Å². The molecule has 0 aromatic rings. The van der Waals surface area contributed by atoms with Crippen LogP contribution in [0.15, 0.2) is 0 Å². The van der Waals surface area contributed by atoms with Crippen LogP contribution in [0.4, 0.5) is 0 Å². The fraction of sp³-hybridized carbons (Fsp3) is 1.00. The Kier molecular flexibility index (Phi) is 4.56. The summed E-state index contributed by atoms with van der Waals surface area (Å²) in [7, 11) is 1.76. The lowest BCUT2D eigenvalue weighted by atomic mass is 9.95. The second-order valence-corrected chi connectivity index (χ2v) is 5.29. The zero-order chi connectivity index (χ0) is 11.5. The van der Waals surface area contributed by atoms with Gasteiger partial charge in [0.2, 0.25) is 0 Å². The van der Waals surface area contributed by atoms with Crippen LogP contribution in [0.1, 0.15) is 33.6 Å². The Hall–Kier alpha value is -0.120. The molecule has 3 atom stereocenters. The third-order valence-electron chi connectivity index (χ3n) is 3.76. The molecule has 3 unspecified atom stereocenters. The van der Waals surface area contributed by atoms with Crippen LogP contribution in [0.5, 0.6) is 0 Å². The Morgan fingerprint density at radius 3 is 2.53 bits per heavy atom. The van der Waals surface area contributed by atoms with Gasteiger partial charge in [0.25, 0.3) is 0 Å². The zero-order valence-electron chi connectivity index (χ0n) is 10.6. The number of rotatable bonds is 5. The van der Waals surface area contributed by atoms with E-state index in [2.05, 4.69) is 25.7 Å². The van der Waals surface area contributed by atoms with Crippen LogP contribution in [-0.4, -0.2) is 43.3 Å². The Balaban J connectivity index is 2.63. The van der Waals surface area contributed by atoms with E-state index >= 15 is 0 Å². The van der Waals surface area contributed by atoms with Crippen molar-refractivity contribution in [3.8, 4) is 0 Å². The average molecular weight is 214 g/mol. The highest BCUT2D eigenvalue weighted by Crippen LogP contribution is 2.31. The first-order chi connectivity index (χ1) is 7.03. The van der Waals surface area contributed by atoms with Crippen LogP contribution in [0, 0.1) is 5.92 Å². The van der Waals surface area contributed by atoms with Crippen molar-refractivity contribution in [2.45, 2.75) is 45.2 Å². The largest absolute Gasteiger partial charge is 0.385 e. The first-order valence-corrected chi connectivity index (χ1v) is 5.99. The van der Waals surface area contributed by atoms with Crippen molar-refractivity contribution in [2.24, 2.45) is 11.7 Å². The SMILES string of the molecule is COCCC(C)(CN)N1CC(C)CC1C. The summed E-state index contributed by atoms with van der Waals surface area (Å²) in [5.41, 5.74) is 6.05. The highest BCUT2D eigenvalue weighted by Gasteiger charge is 2.38. The molecule has 0 radical (unpaired) electrons. The molecule has 0 aromatic heterocycles. The lowest BCUT2D eigenvalue weighted by Gasteiger charge is -2.41. The third kappa shape index (κ3) is 2.92. The van der Waals surface area contributed by atoms with Gasteiger partial charge < -0.3 is 10.5 Å². The monoisotopic (exact) mass is 214 g/mol. The van der Waals surface area contributed by atoms with Gasteiger partial charge >= 0.3 is 0 Å². The number of nitrogens with zero attached hydrogens (tertiary/aromatic N) is 1. The zero-order valence-corrected chi connectivity index (χ0v) is 10.6. The summed E-state index contributed by atoms with van der Waals surface area (Å²) in [5.74, 6) is 0.799. The molecule has 1 aliphatic heterocycles. The van der Waals surface area contributed by atoms with E-state index in [-0.39, 0.29) is 5.54 Å². The maximum absolute atomic E-state index is 5.94. The topological polar surface area (TPSA) is 38.5 Å². The molecule has 1 heterocycles. The fourth-order valence-electron chi connectivity index (χ4n) is 2.74. The Labute approximate surface area is 94.0 Å². The summed E-state index contributed by atoms with van der Waals surface area (Å²) >= 11 is 0. The number of hydrogen-bond donors (Lipinski definition) is 1. The van der Waals surface area contributed by atoms with Crippen molar-refractivity contribution in [2.75, 3.05) is 26.8 Å². The Morgan fingerprint density at radius 2 is 2.13 bits per heavy atom. The first-order valence-electron chi connectivity index (χ1n) is 5.99. The molecule has 0 aliphatic carbocycles. The second kappa shape index (κ2) is 5.28. The van der Waals surface area contributed by atoms with Gasteiger partial charge in [0.05, 0.1) is 0 Å². The van der Waals surface area contributed by atoms with Gasteiger partial charge in [0.15, 0.2) is 0 Å². The maximum Gasteiger partial charge on any atom is 0.0480 e. The van der Waals surface area contributed by atoms with Crippen molar-refractivity contribution in [3.63, 3.8) is 0 Å². The van der Waals surface area contributed by atoms with Crippen molar-refractivity contribution in [1.29, 1.82) is 0 Å². The van der Waals surface area contributed by atoms with Crippen LogP contribution in [0.3, 0.4) is 0 Å². The summed E-state index contributed by atoms with van der Waals surface area (Å²) < 4.78 is 5.18. The molecule has 3 nitrogen and oxygen atoms in total. The van der Waals surface area contributed by atoms with E-state index in [1.165, 1.54) is 13.0 Å². The highest BCUT2D eigenvalue weighted by molar-refractivity contribution is 4.94. The minimum Gasteiger partial charge on any atom is -0.385 e. The Bertz CT molecular complexity index is 198. The molecule has 1 rings (SSSR count). The highest BCUT2D eigenvalue weighted by atomic mass is 16.5. The predicted octanol–water partition coefficient (Wildman–Crippen LogP) is 1.47. The van der Waals surface area contributed by atoms with Crippen molar-refractivity contribution in [1.82, 2.24) is 4.90 Å². The molecule has 0 bridgehead atoms. The molecule has 1 saturated heterocycles. The second-order valence-electron chi connectivity index (χ2n) is 5.29. The molecule has 0 aromatic carbocycles. The Morgan fingerprint density at radius 1 is 1.47 bits per heavy atom. The lowest BCUT2D eigenvalue weighted by molar-refractivity contribution is 0.0619. The van der Waals surface area contributed by atoms with E-state index < -0.39 is 0 Å². The van der Waals surface area contributed by atoms with Gasteiger partial charge in [-0.3, -0.25) is 4.90 Å². The van der Waals surface area contributed by atoms with Crippen LogP contribution in [-0.2, 0) is 4.74 Å². The molecule has 2 N–H and O–H groups in total. The van der Waals surface area contributed by atoms with E-state index in [1.54, 1.807) is 7.11 Å². The first kappa shape index (κ1) is 12.9. The van der Waals surface area contributed by atoms with E-state index in [0.29, 0.717) is 12.6 Å². The van der Waals surface area contributed by atoms with Gasteiger partial charge in [-0.15, -0.1) is 0 Å². The minimum absolute atomic E-state index is 0.111.